The molecule has 0 aromatic rings. The number of Topliss-reactive ketones (excluding diaryl/α,β-unsaturated/α-hetero) is 1. The molecular weight excluding hydrogens is 240 g/mol. The summed E-state index contributed by atoms with van der Waals surface area (Å²) in [6.07, 6.45) is 8.82. The smallest absolute Gasteiger partial charge is 0.136 e. The summed E-state index contributed by atoms with van der Waals surface area (Å²) < 4.78 is 0. The third-order valence-corrected chi connectivity index (χ3v) is 5.87. The number of aliphatic hydroxyl groups is 2. The molecule has 5 unspecified atom stereocenters. The van der Waals surface area contributed by atoms with Crippen molar-refractivity contribution in [3.63, 3.8) is 0 Å². The Morgan fingerprint density at radius 1 is 1.21 bits per heavy atom. The van der Waals surface area contributed by atoms with Gasteiger partial charge in [0.25, 0.3) is 0 Å². The van der Waals surface area contributed by atoms with E-state index in [1.54, 1.807) is 0 Å². The average molecular weight is 266 g/mol. The lowest BCUT2D eigenvalue weighted by Gasteiger charge is -2.30. The molecule has 0 spiro atoms. The van der Waals surface area contributed by atoms with Gasteiger partial charge in [-0.15, -0.1) is 0 Å². The molecule has 3 fully saturated rings. The van der Waals surface area contributed by atoms with Crippen LogP contribution in [0.5, 0.6) is 0 Å². The first-order valence-electron chi connectivity index (χ1n) is 8.05. The summed E-state index contributed by atoms with van der Waals surface area (Å²) in [6.45, 7) is 0. The molecule has 0 amide bonds. The summed E-state index contributed by atoms with van der Waals surface area (Å²) in [5, 5.41) is 20.5. The molecule has 3 heteroatoms. The third kappa shape index (κ3) is 2.59. The molecule has 0 aliphatic heterocycles. The highest BCUT2D eigenvalue weighted by Gasteiger charge is 2.52. The zero-order valence-corrected chi connectivity index (χ0v) is 11.6. The second-order valence-electron chi connectivity index (χ2n) is 6.97. The van der Waals surface area contributed by atoms with Crippen molar-refractivity contribution in [2.75, 3.05) is 0 Å². The van der Waals surface area contributed by atoms with E-state index >= 15 is 0 Å². The van der Waals surface area contributed by atoms with E-state index in [9.17, 15) is 15.0 Å². The lowest BCUT2D eigenvalue weighted by Crippen LogP contribution is -2.38. The Balaban J connectivity index is 1.45. The molecule has 0 bridgehead atoms. The third-order valence-electron chi connectivity index (χ3n) is 5.87. The molecule has 0 saturated heterocycles. The number of fused-ring (bicyclic) bond motifs is 1. The maximum absolute atomic E-state index is 11.4. The first kappa shape index (κ1) is 13.6. The molecule has 0 heterocycles. The van der Waals surface area contributed by atoms with Gasteiger partial charge in [0, 0.05) is 18.3 Å². The lowest BCUT2D eigenvalue weighted by molar-refractivity contribution is -0.135. The molecule has 19 heavy (non-hydrogen) atoms. The van der Waals surface area contributed by atoms with Crippen LogP contribution in [0.25, 0.3) is 0 Å². The first-order valence-corrected chi connectivity index (χ1v) is 8.05. The molecule has 0 aromatic carbocycles. The summed E-state index contributed by atoms with van der Waals surface area (Å²) in [5.41, 5.74) is 0. The highest BCUT2D eigenvalue weighted by molar-refractivity contribution is 5.88. The Morgan fingerprint density at radius 2 is 1.95 bits per heavy atom. The van der Waals surface area contributed by atoms with Gasteiger partial charge >= 0.3 is 0 Å². The number of aliphatic hydroxyl groups excluding tert-OH is 2. The molecule has 3 saturated carbocycles. The van der Waals surface area contributed by atoms with Crippen molar-refractivity contribution in [3.8, 4) is 0 Å². The predicted molar refractivity (Wildman–Crippen MR) is 72.5 cm³/mol. The SMILES string of the molecule is O=C1CC2C1CC(CCC(O)C1CCCCC1)C2O. The minimum atomic E-state index is -0.291. The maximum atomic E-state index is 11.4. The standard InChI is InChI=1S/C16H26O3/c17-14(10-4-2-1-3-5-10)7-6-11-8-12-13(16(11)19)9-15(12)18/h10-14,16-17,19H,1-9H2. The summed E-state index contributed by atoms with van der Waals surface area (Å²) in [6, 6.07) is 0. The van der Waals surface area contributed by atoms with Crippen LogP contribution < -0.4 is 0 Å². The van der Waals surface area contributed by atoms with E-state index in [0.717, 1.165) is 32.1 Å². The summed E-state index contributed by atoms with van der Waals surface area (Å²) in [4.78, 5) is 11.4. The molecule has 3 aliphatic carbocycles. The van der Waals surface area contributed by atoms with Crippen molar-refractivity contribution >= 4 is 5.78 Å². The van der Waals surface area contributed by atoms with Gasteiger partial charge in [0.1, 0.15) is 5.78 Å². The Morgan fingerprint density at radius 3 is 2.58 bits per heavy atom. The van der Waals surface area contributed by atoms with Gasteiger partial charge in [-0.2, -0.15) is 0 Å². The van der Waals surface area contributed by atoms with Crippen molar-refractivity contribution in [1.29, 1.82) is 0 Å². The molecule has 108 valence electrons. The highest BCUT2D eigenvalue weighted by atomic mass is 16.3. The molecule has 0 radical (unpaired) electrons. The van der Waals surface area contributed by atoms with E-state index < -0.39 is 0 Å². The molecule has 3 rings (SSSR count). The Bertz CT molecular complexity index is 335. The maximum Gasteiger partial charge on any atom is 0.136 e. The highest BCUT2D eigenvalue weighted by Crippen LogP contribution is 2.48. The fraction of sp³-hybridized carbons (Fsp3) is 0.938. The Labute approximate surface area is 115 Å². The molecule has 0 aromatic heterocycles. The van der Waals surface area contributed by atoms with Crippen LogP contribution in [0.4, 0.5) is 0 Å². The van der Waals surface area contributed by atoms with Gasteiger partial charge in [-0.1, -0.05) is 19.3 Å². The summed E-state index contributed by atoms with van der Waals surface area (Å²) in [7, 11) is 0. The van der Waals surface area contributed by atoms with Crippen LogP contribution in [-0.4, -0.2) is 28.2 Å². The summed E-state index contributed by atoms with van der Waals surface area (Å²) in [5.74, 6) is 1.46. The van der Waals surface area contributed by atoms with Crippen LogP contribution in [0.1, 0.15) is 57.8 Å². The minimum Gasteiger partial charge on any atom is -0.393 e. The van der Waals surface area contributed by atoms with E-state index in [0.29, 0.717) is 18.1 Å². The number of ketones is 1. The fourth-order valence-corrected chi connectivity index (χ4v) is 4.51. The lowest BCUT2D eigenvalue weighted by atomic mass is 9.74. The predicted octanol–water partition coefficient (Wildman–Crippen LogP) is 2.29. The van der Waals surface area contributed by atoms with E-state index in [-0.39, 0.29) is 30.0 Å². The number of hydrogen-bond acceptors (Lipinski definition) is 3. The van der Waals surface area contributed by atoms with Gasteiger partial charge < -0.3 is 10.2 Å². The molecule has 2 N–H and O–H groups in total. The van der Waals surface area contributed by atoms with E-state index in [1.165, 1.54) is 19.3 Å². The van der Waals surface area contributed by atoms with Crippen molar-refractivity contribution in [2.45, 2.75) is 70.0 Å². The number of carbonyl (C=O) groups is 1. The second-order valence-corrected chi connectivity index (χ2v) is 6.97. The van der Waals surface area contributed by atoms with Crippen LogP contribution in [-0.2, 0) is 4.79 Å². The average Bonchev–Trinajstić information content (AvgIpc) is 2.69. The van der Waals surface area contributed by atoms with E-state index in [1.807, 2.05) is 0 Å². The van der Waals surface area contributed by atoms with Crippen LogP contribution in [0, 0.1) is 23.7 Å². The van der Waals surface area contributed by atoms with E-state index in [4.69, 9.17) is 0 Å². The first-order chi connectivity index (χ1) is 9.16. The van der Waals surface area contributed by atoms with Gasteiger partial charge in [0.2, 0.25) is 0 Å². The number of carbonyl (C=O) groups excluding carboxylic acids is 1. The minimum absolute atomic E-state index is 0.145. The molecule has 3 nitrogen and oxygen atoms in total. The van der Waals surface area contributed by atoms with Gasteiger partial charge in [0.15, 0.2) is 0 Å². The van der Waals surface area contributed by atoms with Gasteiger partial charge in [-0.3, -0.25) is 4.79 Å². The largest absolute Gasteiger partial charge is 0.393 e. The van der Waals surface area contributed by atoms with E-state index in [2.05, 4.69) is 0 Å². The topological polar surface area (TPSA) is 57.5 Å². The quantitative estimate of drug-likeness (QED) is 0.821. The van der Waals surface area contributed by atoms with Crippen LogP contribution in [0.2, 0.25) is 0 Å². The van der Waals surface area contributed by atoms with Crippen LogP contribution in [0.15, 0.2) is 0 Å². The van der Waals surface area contributed by atoms with Gasteiger partial charge in [0.05, 0.1) is 12.2 Å². The van der Waals surface area contributed by atoms with Gasteiger partial charge in [-0.05, 0) is 43.9 Å². The molecule has 3 aliphatic rings. The normalized spacial score (nSPS) is 40.8. The van der Waals surface area contributed by atoms with Crippen LogP contribution in [0.3, 0.4) is 0 Å². The summed E-state index contributed by atoms with van der Waals surface area (Å²) >= 11 is 0. The second kappa shape index (κ2) is 5.53. The zero-order valence-electron chi connectivity index (χ0n) is 11.6. The number of rotatable bonds is 4. The van der Waals surface area contributed by atoms with Crippen molar-refractivity contribution in [3.05, 3.63) is 0 Å². The Hall–Kier alpha value is -0.410. The van der Waals surface area contributed by atoms with Crippen LogP contribution >= 0.6 is 0 Å². The monoisotopic (exact) mass is 266 g/mol. The van der Waals surface area contributed by atoms with Crippen molar-refractivity contribution in [1.82, 2.24) is 0 Å². The van der Waals surface area contributed by atoms with Crippen molar-refractivity contribution in [2.24, 2.45) is 23.7 Å². The molecular formula is C16H26O3. The molecule has 5 atom stereocenters. The fourth-order valence-electron chi connectivity index (χ4n) is 4.51. The van der Waals surface area contributed by atoms with Gasteiger partial charge in [-0.25, -0.2) is 0 Å². The Kier molecular flexibility index (Phi) is 3.95. The number of hydrogen-bond donors (Lipinski definition) is 2. The zero-order chi connectivity index (χ0) is 13.4. The van der Waals surface area contributed by atoms with Crippen molar-refractivity contribution < 1.29 is 15.0 Å².